The van der Waals surface area contributed by atoms with Crippen molar-refractivity contribution in [3.63, 3.8) is 0 Å². The molecule has 0 aliphatic rings. The maximum atomic E-state index is 11.9. The Morgan fingerprint density at radius 3 is 2.54 bits per heavy atom. The van der Waals surface area contributed by atoms with E-state index in [1.807, 2.05) is 6.92 Å². The molecule has 2 rings (SSSR count). The molecule has 0 aliphatic heterocycles. The third-order valence-electron chi connectivity index (χ3n) is 3.40. The first-order valence-corrected chi connectivity index (χ1v) is 8.21. The van der Waals surface area contributed by atoms with Gasteiger partial charge in [0, 0.05) is 23.1 Å². The maximum absolute atomic E-state index is 11.9. The molecule has 0 saturated heterocycles. The average Bonchev–Trinajstić information content (AvgIpc) is 2.59. The first-order chi connectivity index (χ1) is 12.4. The molecule has 0 amide bonds. The van der Waals surface area contributed by atoms with Gasteiger partial charge in [-0.05, 0) is 25.5 Å². The van der Waals surface area contributed by atoms with Crippen molar-refractivity contribution in [3.05, 3.63) is 46.8 Å². The van der Waals surface area contributed by atoms with Gasteiger partial charge in [0.05, 0.1) is 6.61 Å². The van der Waals surface area contributed by atoms with Gasteiger partial charge in [0.15, 0.2) is 11.5 Å². The molecule has 0 atom stereocenters. The van der Waals surface area contributed by atoms with Crippen LogP contribution < -0.4 is 15.1 Å². The second-order valence-corrected chi connectivity index (χ2v) is 5.67. The van der Waals surface area contributed by atoms with Crippen LogP contribution in [-0.2, 0) is 9.53 Å². The lowest BCUT2D eigenvalue weighted by Crippen LogP contribution is -2.14. The number of carbonyl (C=O) groups is 2. The Balaban J connectivity index is 2.27. The Morgan fingerprint density at radius 2 is 1.85 bits per heavy atom. The van der Waals surface area contributed by atoms with Crippen LogP contribution in [0.25, 0.3) is 11.0 Å². The number of esters is 1. The van der Waals surface area contributed by atoms with Crippen LogP contribution in [0.4, 0.5) is 4.79 Å². The number of hydrogen-bond acceptors (Lipinski definition) is 7. The standard InChI is InChI=1S/C19H20O7/c1-4-5-6-9-23-19(22)26-15-10-13-7-8-17(20)24-14(13)11-16(15)25-18(21)12(2)3/h7-8,10-11H,2,4-6,9H2,1,3H3. The molecule has 2 aromatic rings. The first-order valence-electron chi connectivity index (χ1n) is 8.21. The summed E-state index contributed by atoms with van der Waals surface area (Å²) >= 11 is 0. The van der Waals surface area contributed by atoms with Crippen LogP contribution in [0, 0.1) is 0 Å². The zero-order valence-corrected chi connectivity index (χ0v) is 14.7. The smallest absolute Gasteiger partial charge is 0.434 e. The Labute approximate surface area is 150 Å². The van der Waals surface area contributed by atoms with Gasteiger partial charge in [-0.2, -0.15) is 0 Å². The lowest BCUT2D eigenvalue weighted by atomic mass is 10.2. The van der Waals surface area contributed by atoms with E-state index in [4.69, 9.17) is 18.6 Å². The Bertz CT molecular complexity index is 879. The van der Waals surface area contributed by atoms with Crippen molar-refractivity contribution in [3.8, 4) is 11.5 Å². The van der Waals surface area contributed by atoms with E-state index < -0.39 is 17.8 Å². The summed E-state index contributed by atoms with van der Waals surface area (Å²) in [4.78, 5) is 35.0. The van der Waals surface area contributed by atoms with Crippen LogP contribution >= 0.6 is 0 Å². The summed E-state index contributed by atoms with van der Waals surface area (Å²) in [6.45, 7) is 7.24. The minimum absolute atomic E-state index is 0.0264. The Morgan fingerprint density at radius 1 is 1.12 bits per heavy atom. The molecule has 7 heteroatoms. The fraction of sp³-hybridized carbons (Fsp3) is 0.316. The van der Waals surface area contributed by atoms with Gasteiger partial charge in [-0.25, -0.2) is 14.4 Å². The van der Waals surface area contributed by atoms with E-state index >= 15 is 0 Å². The Hall–Kier alpha value is -3.09. The van der Waals surface area contributed by atoms with E-state index in [1.165, 1.54) is 31.2 Å². The quantitative estimate of drug-likeness (QED) is 0.184. The molecule has 0 N–H and O–H groups in total. The minimum Gasteiger partial charge on any atom is -0.434 e. The molecule has 1 heterocycles. The molecule has 0 radical (unpaired) electrons. The van der Waals surface area contributed by atoms with Gasteiger partial charge in [0.25, 0.3) is 0 Å². The molecule has 0 spiro atoms. The van der Waals surface area contributed by atoms with Crippen LogP contribution in [-0.4, -0.2) is 18.7 Å². The van der Waals surface area contributed by atoms with Crippen molar-refractivity contribution in [2.75, 3.05) is 6.61 Å². The molecule has 0 unspecified atom stereocenters. The molecular weight excluding hydrogens is 340 g/mol. The molecule has 0 aliphatic carbocycles. The van der Waals surface area contributed by atoms with Crippen molar-refractivity contribution in [1.29, 1.82) is 0 Å². The van der Waals surface area contributed by atoms with Crippen LogP contribution in [0.15, 0.2) is 45.6 Å². The number of fused-ring (bicyclic) bond motifs is 1. The fourth-order valence-electron chi connectivity index (χ4n) is 2.05. The average molecular weight is 360 g/mol. The normalized spacial score (nSPS) is 10.4. The van der Waals surface area contributed by atoms with E-state index in [9.17, 15) is 14.4 Å². The summed E-state index contributed by atoms with van der Waals surface area (Å²) in [6.07, 6.45) is 1.75. The molecule has 0 bridgehead atoms. The first kappa shape index (κ1) is 19.2. The highest BCUT2D eigenvalue weighted by atomic mass is 16.7. The van der Waals surface area contributed by atoms with E-state index in [0.29, 0.717) is 5.39 Å². The number of carbonyl (C=O) groups excluding carboxylic acids is 2. The third kappa shape index (κ3) is 5.20. The highest BCUT2D eigenvalue weighted by Crippen LogP contribution is 2.33. The SMILES string of the molecule is C=C(C)C(=O)Oc1cc2oc(=O)ccc2cc1OC(=O)OCCCCC. The van der Waals surface area contributed by atoms with Crippen LogP contribution in [0.2, 0.25) is 0 Å². The fourth-order valence-corrected chi connectivity index (χ4v) is 2.05. The highest BCUT2D eigenvalue weighted by Gasteiger charge is 2.17. The summed E-state index contributed by atoms with van der Waals surface area (Å²) in [5.74, 6) is -0.810. The van der Waals surface area contributed by atoms with Gasteiger partial charge in [-0.15, -0.1) is 0 Å². The van der Waals surface area contributed by atoms with Crippen molar-refractivity contribution in [1.82, 2.24) is 0 Å². The summed E-state index contributed by atoms with van der Waals surface area (Å²) in [5.41, 5.74) is -0.211. The van der Waals surface area contributed by atoms with Gasteiger partial charge in [-0.3, -0.25) is 0 Å². The highest BCUT2D eigenvalue weighted by molar-refractivity contribution is 5.90. The maximum Gasteiger partial charge on any atom is 0.513 e. The van der Waals surface area contributed by atoms with Crippen LogP contribution in [0.3, 0.4) is 0 Å². The summed E-state index contributed by atoms with van der Waals surface area (Å²) < 4.78 is 20.4. The summed E-state index contributed by atoms with van der Waals surface area (Å²) in [5, 5.41) is 0.494. The summed E-state index contributed by atoms with van der Waals surface area (Å²) in [6, 6.07) is 5.46. The summed E-state index contributed by atoms with van der Waals surface area (Å²) in [7, 11) is 0. The lowest BCUT2D eigenvalue weighted by molar-refractivity contribution is -0.130. The van der Waals surface area contributed by atoms with Crippen LogP contribution in [0.1, 0.15) is 33.1 Å². The second-order valence-electron chi connectivity index (χ2n) is 5.67. The minimum atomic E-state index is -0.912. The van der Waals surface area contributed by atoms with Crippen molar-refractivity contribution >= 4 is 23.1 Å². The predicted molar refractivity (Wildman–Crippen MR) is 94.4 cm³/mol. The van der Waals surface area contributed by atoms with Crippen molar-refractivity contribution in [2.24, 2.45) is 0 Å². The number of unbranched alkanes of at least 4 members (excludes halogenated alkanes) is 2. The number of rotatable bonds is 7. The topological polar surface area (TPSA) is 92.0 Å². The lowest BCUT2D eigenvalue weighted by Gasteiger charge is -2.11. The Kier molecular flexibility index (Phi) is 6.54. The molecule has 26 heavy (non-hydrogen) atoms. The number of hydrogen-bond donors (Lipinski definition) is 0. The molecule has 0 saturated carbocycles. The second kappa shape index (κ2) is 8.84. The molecular formula is C19H20O7. The number of ether oxygens (including phenoxy) is 3. The van der Waals surface area contributed by atoms with Gasteiger partial charge in [0.2, 0.25) is 0 Å². The van der Waals surface area contributed by atoms with Gasteiger partial charge >= 0.3 is 17.8 Å². The molecule has 138 valence electrons. The largest absolute Gasteiger partial charge is 0.513 e. The molecule has 1 aromatic carbocycles. The van der Waals surface area contributed by atoms with E-state index in [-0.39, 0.29) is 29.3 Å². The van der Waals surface area contributed by atoms with Gasteiger partial charge < -0.3 is 18.6 Å². The molecule has 0 fully saturated rings. The third-order valence-corrected chi connectivity index (χ3v) is 3.40. The zero-order chi connectivity index (χ0) is 19.1. The van der Waals surface area contributed by atoms with Crippen molar-refractivity contribution < 1.29 is 28.2 Å². The predicted octanol–water partition coefficient (Wildman–Crippen LogP) is 3.98. The van der Waals surface area contributed by atoms with E-state index in [0.717, 1.165) is 19.3 Å². The monoisotopic (exact) mass is 360 g/mol. The van der Waals surface area contributed by atoms with Gasteiger partial charge in [-0.1, -0.05) is 26.3 Å². The van der Waals surface area contributed by atoms with Gasteiger partial charge in [0.1, 0.15) is 5.58 Å². The van der Waals surface area contributed by atoms with Crippen LogP contribution in [0.5, 0.6) is 11.5 Å². The zero-order valence-electron chi connectivity index (χ0n) is 14.7. The van der Waals surface area contributed by atoms with E-state index in [2.05, 4.69) is 6.58 Å². The van der Waals surface area contributed by atoms with Crippen molar-refractivity contribution in [2.45, 2.75) is 33.1 Å². The molecule has 7 nitrogen and oxygen atoms in total. The van der Waals surface area contributed by atoms with E-state index in [1.54, 1.807) is 0 Å². The number of benzene rings is 1. The molecule has 1 aromatic heterocycles.